The lowest BCUT2D eigenvalue weighted by atomic mass is 10.1. The molecule has 1 saturated heterocycles. The summed E-state index contributed by atoms with van der Waals surface area (Å²) in [6.07, 6.45) is 4.98. The van der Waals surface area contributed by atoms with Gasteiger partial charge >= 0.3 is 0 Å². The maximum absolute atomic E-state index is 13.3. The number of amides is 1. The second kappa shape index (κ2) is 12.1. The standard InChI is InChI=1S/C22H29N3OS.ClH/c1-18(27-17-19-8-3-2-4-9-19)22(26)25(16-20-10-5-6-14-24-20)21-11-7-13-23-15-12-21;/h2-6,8-10,14,18,21,23H,7,11-13,15-17H2,1H3;1H. The minimum Gasteiger partial charge on any atom is -0.333 e. The number of halogens is 1. The number of benzene rings is 1. The SMILES string of the molecule is CC(SCc1ccccc1)C(=O)N(Cc1ccccn1)C1CCCNCC1.Cl. The molecule has 1 aliphatic rings. The summed E-state index contributed by atoms with van der Waals surface area (Å²) in [5.41, 5.74) is 2.22. The van der Waals surface area contributed by atoms with E-state index < -0.39 is 0 Å². The fourth-order valence-electron chi connectivity index (χ4n) is 3.47. The van der Waals surface area contributed by atoms with Gasteiger partial charge in [-0.1, -0.05) is 36.4 Å². The summed E-state index contributed by atoms with van der Waals surface area (Å²) in [4.78, 5) is 19.9. The molecule has 6 heteroatoms. The fourth-order valence-corrected chi connectivity index (χ4v) is 4.38. The van der Waals surface area contributed by atoms with Crippen molar-refractivity contribution in [2.75, 3.05) is 13.1 Å². The third-order valence-electron chi connectivity index (χ3n) is 5.02. The molecule has 0 aliphatic carbocycles. The maximum Gasteiger partial charge on any atom is 0.236 e. The van der Waals surface area contributed by atoms with Crippen LogP contribution in [0.4, 0.5) is 0 Å². The third kappa shape index (κ3) is 6.80. The smallest absolute Gasteiger partial charge is 0.236 e. The van der Waals surface area contributed by atoms with Gasteiger partial charge in [-0.2, -0.15) is 0 Å². The minimum atomic E-state index is -0.0647. The van der Waals surface area contributed by atoms with E-state index >= 15 is 0 Å². The summed E-state index contributed by atoms with van der Waals surface area (Å²) in [5, 5.41) is 3.39. The normalized spacial score (nSPS) is 17.8. The van der Waals surface area contributed by atoms with Crippen LogP contribution in [0.1, 0.15) is 37.4 Å². The van der Waals surface area contributed by atoms with Crippen LogP contribution in [0.5, 0.6) is 0 Å². The molecule has 4 nitrogen and oxygen atoms in total. The molecule has 1 aromatic carbocycles. The number of nitrogens with one attached hydrogen (secondary N) is 1. The van der Waals surface area contributed by atoms with E-state index in [4.69, 9.17) is 0 Å². The van der Waals surface area contributed by atoms with E-state index in [-0.39, 0.29) is 29.6 Å². The molecule has 1 aliphatic heterocycles. The lowest BCUT2D eigenvalue weighted by Crippen LogP contribution is -2.44. The molecular formula is C22H30ClN3OS. The zero-order chi connectivity index (χ0) is 18.9. The summed E-state index contributed by atoms with van der Waals surface area (Å²) < 4.78 is 0. The minimum absolute atomic E-state index is 0. The van der Waals surface area contributed by atoms with Gasteiger partial charge in [-0.15, -0.1) is 24.2 Å². The molecule has 28 heavy (non-hydrogen) atoms. The van der Waals surface area contributed by atoms with Crippen LogP contribution in [-0.2, 0) is 17.1 Å². The lowest BCUT2D eigenvalue weighted by Gasteiger charge is -2.33. The Hall–Kier alpha value is -1.56. The average Bonchev–Trinajstić information content (AvgIpc) is 3.00. The highest BCUT2D eigenvalue weighted by atomic mass is 35.5. The van der Waals surface area contributed by atoms with E-state index in [1.165, 1.54) is 5.56 Å². The zero-order valence-corrected chi connectivity index (χ0v) is 18.1. The molecule has 2 unspecified atom stereocenters. The van der Waals surface area contributed by atoms with Crippen LogP contribution in [0.3, 0.4) is 0 Å². The van der Waals surface area contributed by atoms with E-state index in [2.05, 4.69) is 27.3 Å². The number of rotatable bonds is 7. The van der Waals surface area contributed by atoms with Crippen molar-refractivity contribution in [3.63, 3.8) is 0 Å². The van der Waals surface area contributed by atoms with Crippen LogP contribution in [0, 0.1) is 0 Å². The van der Waals surface area contributed by atoms with Gasteiger partial charge in [0.1, 0.15) is 0 Å². The van der Waals surface area contributed by atoms with Gasteiger partial charge in [-0.3, -0.25) is 9.78 Å². The Morgan fingerprint density at radius 2 is 1.96 bits per heavy atom. The largest absolute Gasteiger partial charge is 0.333 e. The first-order chi connectivity index (χ1) is 13.2. The molecule has 0 bridgehead atoms. The van der Waals surface area contributed by atoms with Gasteiger partial charge in [-0.05, 0) is 57.0 Å². The van der Waals surface area contributed by atoms with Crippen LogP contribution in [-0.4, -0.2) is 40.2 Å². The first-order valence-electron chi connectivity index (χ1n) is 9.80. The van der Waals surface area contributed by atoms with E-state index in [1.807, 2.05) is 43.3 Å². The summed E-state index contributed by atoms with van der Waals surface area (Å²) in [6, 6.07) is 16.6. The molecule has 1 aromatic heterocycles. The monoisotopic (exact) mass is 419 g/mol. The number of aromatic nitrogens is 1. The van der Waals surface area contributed by atoms with Crippen molar-refractivity contribution in [1.29, 1.82) is 0 Å². The summed E-state index contributed by atoms with van der Waals surface area (Å²) in [6.45, 7) is 4.65. The number of pyridine rings is 1. The predicted octanol–water partition coefficient (Wildman–Crippen LogP) is 4.30. The van der Waals surface area contributed by atoms with Crippen molar-refractivity contribution >= 4 is 30.1 Å². The van der Waals surface area contributed by atoms with Gasteiger partial charge in [0.25, 0.3) is 0 Å². The third-order valence-corrected chi connectivity index (χ3v) is 6.22. The number of hydrogen-bond donors (Lipinski definition) is 1. The van der Waals surface area contributed by atoms with E-state index in [1.54, 1.807) is 18.0 Å². The topological polar surface area (TPSA) is 45.2 Å². The molecule has 0 spiro atoms. The van der Waals surface area contributed by atoms with Crippen LogP contribution in [0.25, 0.3) is 0 Å². The highest BCUT2D eigenvalue weighted by Gasteiger charge is 2.28. The van der Waals surface area contributed by atoms with Gasteiger partial charge in [0, 0.05) is 18.0 Å². The molecule has 0 radical (unpaired) electrons. The predicted molar refractivity (Wildman–Crippen MR) is 120 cm³/mol. The average molecular weight is 420 g/mol. The van der Waals surface area contributed by atoms with Crippen molar-refractivity contribution in [3.8, 4) is 0 Å². The van der Waals surface area contributed by atoms with Crippen molar-refractivity contribution in [2.45, 2.75) is 49.8 Å². The molecule has 2 atom stereocenters. The van der Waals surface area contributed by atoms with Crippen LogP contribution < -0.4 is 5.32 Å². The Morgan fingerprint density at radius 1 is 1.18 bits per heavy atom. The Labute approximate surface area is 178 Å². The molecule has 2 heterocycles. The fraction of sp³-hybridized carbons (Fsp3) is 0.455. The summed E-state index contributed by atoms with van der Waals surface area (Å²) in [5.74, 6) is 1.09. The second-order valence-corrected chi connectivity index (χ2v) is 8.39. The summed E-state index contributed by atoms with van der Waals surface area (Å²) in [7, 11) is 0. The van der Waals surface area contributed by atoms with E-state index in [0.29, 0.717) is 6.54 Å². The van der Waals surface area contributed by atoms with Gasteiger partial charge in [0.05, 0.1) is 17.5 Å². The summed E-state index contributed by atoms with van der Waals surface area (Å²) >= 11 is 1.72. The molecule has 152 valence electrons. The van der Waals surface area contributed by atoms with Gasteiger partial charge in [0.2, 0.25) is 5.91 Å². The van der Waals surface area contributed by atoms with E-state index in [0.717, 1.165) is 43.8 Å². The lowest BCUT2D eigenvalue weighted by molar-refractivity contribution is -0.133. The Balaban J connectivity index is 0.00000280. The first kappa shape index (κ1) is 22.7. The van der Waals surface area contributed by atoms with Crippen molar-refractivity contribution < 1.29 is 4.79 Å². The molecule has 1 fully saturated rings. The molecule has 0 saturated carbocycles. The van der Waals surface area contributed by atoms with Crippen LogP contribution >= 0.6 is 24.2 Å². The number of hydrogen-bond acceptors (Lipinski definition) is 4. The van der Waals surface area contributed by atoms with Crippen molar-refractivity contribution in [2.24, 2.45) is 0 Å². The molecular weight excluding hydrogens is 390 g/mol. The van der Waals surface area contributed by atoms with Gasteiger partial charge in [-0.25, -0.2) is 0 Å². The van der Waals surface area contributed by atoms with Crippen molar-refractivity contribution in [3.05, 3.63) is 66.0 Å². The van der Waals surface area contributed by atoms with Crippen LogP contribution in [0.2, 0.25) is 0 Å². The Bertz CT molecular complexity index is 693. The van der Waals surface area contributed by atoms with Crippen LogP contribution in [0.15, 0.2) is 54.7 Å². The Morgan fingerprint density at radius 3 is 2.71 bits per heavy atom. The maximum atomic E-state index is 13.3. The number of carbonyl (C=O) groups is 1. The highest BCUT2D eigenvalue weighted by molar-refractivity contribution is 7.99. The first-order valence-corrected chi connectivity index (χ1v) is 10.9. The molecule has 1 N–H and O–H groups in total. The van der Waals surface area contributed by atoms with Gasteiger partial charge < -0.3 is 10.2 Å². The molecule has 2 aromatic rings. The van der Waals surface area contributed by atoms with E-state index in [9.17, 15) is 4.79 Å². The molecule has 3 rings (SSSR count). The molecule has 1 amide bonds. The number of carbonyl (C=O) groups excluding carboxylic acids is 1. The number of thioether (sulfide) groups is 1. The Kier molecular flexibility index (Phi) is 9.82. The van der Waals surface area contributed by atoms with Crippen molar-refractivity contribution in [1.82, 2.24) is 15.2 Å². The zero-order valence-electron chi connectivity index (χ0n) is 16.4. The second-order valence-electron chi connectivity index (χ2n) is 7.06. The highest BCUT2D eigenvalue weighted by Crippen LogP contribution is 2.24. The van der Waals surface area contributed by atoms with Gasteiger partial charge in [0.15, 0.2) is 0 Å². The number of nitrogens with zero attached hydrogens (tertiary/aromatic N) is 2. The quantitative estimate of drug-likeness (QED) is 0.726.